The number of rotatable bonds is 3. The van der Waals surface area contributed by atoms with Gasteiger partial charge in [-0.05, 0) is 24.8 Å². The Morgan fingerprint density at radius 1 is 1.39 bits per heavy atom. The molecule has 18 heavy (non-hydrogen) atoms. The third kappa shape index (κ3) is 3.13. The molecule has 1 saturated heterocycles. The first-order valence-corrected chi connectivity index (χ1v) is 5.89. The third-order valence-electron chi connectivity index (χ3n) is 3.35. The van der Waals surface area contributed by atoms with Crippen molar-refractivity contribution in [1.82, 2.24) is 0 Å². The average molecular weight is 276 g/mol. The lowest BCUT2D eigenvalue weighted by Crippen LogP contribution is -2.28. The lowest BCUT2D eigenvalue weighted by molar-refractivity contribution is 0.0579. The number of nitrogens with two attached hydrogens (primary N) is 1. The molecule has 0 amide bonds. The minimum atomic E-state index is -0.339. The summed E-state index contributed by atoms with van der Waals surface area (Å²) in [4.78, 5) is 0. The highest BCUT2D eigenvalue weighted by Gasteiger charge is 2.25. The van der Waals surface area contributed by atoms with Crippen LogP contribution in [0.25, 0.3) is 0 Å². The first-order chi connectivity index (χ1) is 8.24. The smallest absolute Gasteiger partial charge is 0.169 e. The maximum absolute atomic E-state index is 14.0. The van der Waals surface area contributed by atoms with Gasteiger partial charge in [-0.3, -0.25) is 0 Å². The van der Waals surface area contributed by atoms with Gasteiger partial charge < -0.3 is 15.2 Å². The molecule has 1 aliphatic rings. The Morgan fingerprint density at radius 3 is 2.67 bits per heavy atom. The van der Waals surface area contributed by atoms with E-state index in [-0.39, 0.29) is 35.9 Å². The Hall–Kier alpha value is -0.840. The number of hydrogen-bond acceptors (Lipinski definition) is 3. The summed E-state index contributed by atoms with van der Waals surface area (Å²) in [5.74, 6) is 0.198. The molecule has 0 spiro atoms. The van der Waals surface area contributed by atoms with Gasteiger partial charge in [0.25, 0.3) is 0 Å². The fraction of sp³-hybridized carbons (Fsp3) is 0.538. The van der Waals surface area contributed by atoms with Crippen LogP contribution in [0.1, 0.15) is 24.4 Å². The van der Waals surface area contributed by atoms with E-state index in [1.807, 2.05) is 0 Å². The highest BCUT2D eigenvalue weighted by molar-refractivity contribution is 5.85. The molecule has 1 aromatic rings. The van der Waals surface area contributed by atoms with E-state index in [1.54, 1.807) is 18.2 Å². The van der Waals surface area contributed by atoms with Crippen LogP contribution in [-0.4, -0.2) is 20.3 Å². The standard InChI is InChI=1S/C13H18FNO2.ClH/c1-16-11-4-2-3-10(12(11)14)13(15)9-5-7-17-8-6-9;/h2-4,9,13H,5-8,15H2,1H3;1H/t13-;/m1./s1. The van der Waals surface area contributed by atoms with Gasteiger partial charge in [0, 0.05) is 24.8 Å². The van der Waals surface area contributed by atoms with Crippen molar-refractivity contribution in [2.75, 3.05) is 20.3 Å². The maximum Gasteiger partial charge on any atom is 0.169 e. The third-order valence-corrected chi connectivity index (χ3v) is 3.35. The highest BCUT2D eigenvalue weighted by Crippen LogP contribution is 2.32. The number of halogens is 2. The van der Waals surface area contributed by atoms with E-state index >= 15 is 0 Å². The fourth-order valence-corrected chi connectivity index (χ4v) is 2.27. The van der Waals surface area contributed by atoms with E-state index in [0.29, 0.717) is 18.8 Å². The predicted octanol–water partition coefficient (Wildman–Crippen LogP) is 2.68. The van der Waals surface area contributed by atoms with Crippen LogP contribution in [-0.2, 0) is 4.74 Å². The van der Waals surface area contributed by atoms with Gasteiger partial charge in [-0.1, -0.05) is 12.1 Å². The SMILES string of the molecule is COc1cccc([C@H](N)C2CCOCC2)c1F.Cl. The molecule has 0 aliphatic carbocycles. The van der Waals surface area contributed by atoms with Crippen molar-refractivity contribution in [2.45, 2.75) is 18.9 Å². The number of methoxy groups -OCH3 is 1. The molecule has 1 heterocycles. The van der Waals surface area contributed by atoms with Gasteiger partial charge in [0.1, 0.15) is 0 Å². The summed E-state index contributed by atoms with van der Waals surface area (Å²) in [5.41, 5.74) is 6.68. The van der Waals surface area contributed by atoms with Gasteiger partial charge in [-0.2, -0.15) is 0 Å². The maximum atomic E-state index is 14.0. The lowest BCUT2D eigenvalue weighted by Gasteiger charge is -2.28. The lowest BCUT2D eigenvalue weighted by atomic mass is 9.87. The molecule has 0 bridgehead atoms. The average Bonchev–Trinajstić information content (AvgIpc) is 2.39. The van der Waals surface area contributed by atoms with Crippen LogP contribution in [0.15, 0.2) is 18.2 Å². The quantitative estimate of drug-likeness (QED) is 0.922. The van der Waals surface area contributed by atoms with Crippen LogP contribution < -0.4 is 10.5 Å². The van der Waals surface area contributed by atoms with Crippen LogP contribution in [0.4, 0.5) is 4.39 Å². The molecule has 1 fully saturated rings. The summed E-state index contributed by atoms with van der Waals surface area (Å²) >= 11 is 0. The molecule has 1 aromatic carbocycles. The van der Waals surface area contributed by atoms with E-state index in [2.05, 4.69) is 0 Å². The Labute approximate surface area is 113 Å². The van der Waals surface area contributed by atoms with Crippen molar-refractivity contribution < 1.29 is 13.9 Å². The van der Waals surface area contributed by atoms with Crippen molar-refractivity contribution in [2.24, 2.45) is 11.7 Å². The molecule has 0 radical (unpaired) electrons. The molecule has 2 N–H and O–H groups in total. The fourth-order valence-electron chi connectivity index (χ4n) is 2.27. The van der Waals surface area contributed by atoms with Crippen LogP contribution >= 0.6 is 12.4 Å². The molecule has 0 aromatic heterocycles. The highest BCUT2D eigenvalue weighted by atomic mass is 35.5. The van der Waals surface area contributed by atoms with E-state index in [4.69, 9.17) is 15.2 Å². The van der Waals surface area contributed by atoms with E-state index < -0.39 is 0 Å². The minimum Gasteiger partial charge on any atom is -0.494 e. The van der Waals surface area contributed by atoms with Gasteiger partial charge >= 0.3 is 0 Å². The van der Waals surface area contributed by atoms with Crippen molar-refractivity contribution in [3.63, 3.8) is 0 Å². The molecule has 3 nitrogen and oxygen atoms in total. The van der Waals surface area contributed by atoms with Gasteiger partial charge in [-0.25, -0.2) is 4.39 Å². The Balaban J connectivity index is 0.00000162. The van der Waals surface area contributed by atoms with Crippen molar-refractivity contribution in [3.8, 4) is 5.75 Å². The largest absolute Gasteiger partial charge is 0.494 e. The molecule has 1 atom stereocenters. The predicted molar refractivity (Wildman–Crippen MR) is 70.7 cm³/mol. The second-order valence-corrected chi connectivity index (χ2v) is 4.34. The van der Waals surface area contributed by atoms with Crippen molar-refractivity contribution in [3.05, 3.63) is 29.6 Å². The van der Waals surface area contributed by atoms with Crippen LogP contribution in [0.3, 0.4) is 0 Å². The Kier molecular flexibility index (Phi) is 5.85. The summed E-state index contributed by atoms with van der Waals surface area (Å²) in [5, 5.41) is 0. The zero-order valence-electron chi connectivity index (χ0n) is 10.4. The molecular formula is C13H19ClFNO2. The second kappa shape index (κ2) is 6.92. The summed E-state index contributed by atoms with van der Waals surface area (Å²) in [7, 11) is 1.46. The minimum absolute atomic E-state index is 0. The van der Waals surface area contributed by atoms with Gasteiger partial charge in [-0.15, -0.1) is 12.4 Å². The number of benzene rings is 1. The Bertz CT molecular complexity index is 383. The topological polar surface area (TPSA) is 44.5 Å². The van der Waals surface area contributed by atoms with Crippen LogP contribution in [0.2, 0.25) is 0 Å². The van der Waals surface area contributed by atoms with Gasteiger partial charge in [0.2, 0.25) is 0 Å². The summed E-state index contributed by atoms with van der Waals surface area (Å²) < 4.78 is 24.3. The van der Waals surface area contributed by atoms with Crippen LogP contribution in [0.5, 0.6) is 5.75 Å². The molecule has 0 unspecified atom stereocenters. The monoisotopic (exact) mass is 275 g/mol. The summed E-state index contributed by atoms with van der Waals surface area (Å²) in [6.45, 7) is 1.42. The van der Waals surface area contributed by atoms with E-state index in [9.17, 15) is 4.39 Å². The first-order valence-electron chi connectivity index (χ1n) is 5.89. The number of hydrogen-bond donors (Lipinski definition) is 1. The van der Waals surface area contributed by atoms with Crippen molar-refractivity contribution >= 4 is 12.4 Å². The zero-order chi connectivity index (χ0) is 12.3. The molecule has 2 rings (SSSR count). The zero-order valence-corrected chi connectivity index (χ0v) is 11.2. The molecule has 102 valence electrons. The summed E-state index contributed by atoms with van der Waals surface area (Å²) in [6, 6.07) is 4.83. The second-order valence-electron chi connectivity index (χ2n) is 4.34. The summed E-state index contributed by atoms with van der Waals surface area (Å²) in [6.07, 6.45) is 1.77. The number of ether oxygens (including phenoxy) is 2. The first kappa shape index (κ1) is 15.2. The normalized spacial score (nSPS) is 17.9. The van der Waals surface area contributed by atoms with Crippen LogP contribution in [0, 0.1) is 11.7 Å². The van der Waals surface area contributed by atoms with Gasteiger partial charge in [0.05, 0.1) is 7.11 Å². The molecular weight excluding hydrogens is 257 g/mol. The van der Waals surface area contributed by atoms with E-state index in [0.717, 1.165) is 12.8 Å². The molecule has 1 aliphatic heterocycles. The molecule has 0 saturated carbocycles. The van der Waals surface area contributed by atoms with E-state index in [1.165, 1.54) is 7.11 Å². The van der Waals surface area contributed by atoms with Gasteiger partial charge in [0.15, 0.2) is 11.6 Å². The Morgan fingerprint density at radius 2 is 2.06 bits per heavy atom. The molecule has 5 heteroatoms. The van der Waals surface area contributed by atoms with Crippen molar-refractivity contribution in [1.29, 1.82) is 0 Å².